The summed E-state index contributed by atoms with van der Waals surface area (Å²) in [5, 5.41) is 15.6. The molecule has 0 aliphatic carbocycles. The van der Waals surface area contributed by atoms with Crippen molar-refractivity contribution in [2.45, 2.75) is 26.7 Å². The van der Waals surface area contributed by atoms with E-state index >= 15 is 0 Å². The van der Waals surface area contributed by atoms with Crippen molar-refractivity contribution in [1.29, 1.82) is 5.26 Å². The van der Waals surface area contributed by atoms with E-state index in [9.17, 15) is 5.26 Å². The van der Waals surface area contributed by atoms with E-state index in [1.807, 2.05) is 31.5 Å². The van der Waals surface area contributed by atoms with E-state index in [2.05, 4.69) is 28.3 Å². The molecule has 0 aliphatic rings. The zero-order chi connectivity index (χ0) is 13.8. The third-order valence-corrected chi connectivity index (χ3v) is 3.92. The van der Waals surface area contributed by atoms with E-state index < -0.39 is 0 Å². The molecule has 98 valence electrons. The predicted octanol–water partition coefficient (Wildman–Crippen LogP) is 3.24. The Morgan fingerprint density at radius 3 is 2.89 bits per heavy atom. The maximum absolute atomic E-state index is 9.20. The molecule has 1 unspecified atom stereocenters. The maximum Gasteiger partial charge on any atom is 0.103 e. The number of hydrogen-bond donors (Lipinski definition) is 1. The molecule has 0 aliphatic heterocycles. The molecule has 4 nitrogen and oxygen atoms in total. The zero-order valence-electron chi connectivity index (χ0n) is 11.3. The first-order valence-electron chi connectivity index (χ1n) is 6.13. The van der Waals surface area contributed by atoms with Crippen LogP contribution in [0.2, 0.25) is 0 Å². The molecule has 1 N–H and O–H groups in total. The number of pyridine rings is 1. The van der Waals surface area contributed by atoms with Gasteiger partial charge < -0.3 is 5.32 Å². The van der Waals surface area contributed by atoms with Crippen LogP contribution in [0.1, 0.15) is 34.8 Å². The monoisotopic (exact) mass is 272 g/mol. The number of anilines is 1. The molecule has 0 saturated heterocycles. The lowest BCUT2D eigenvalue weighted by molar-refractivity contribution is 0.794. The summed E-state index contributed by atoms with van der Waals surface area (Å²) in [4.78, 5) is 8.62. The summed E-state index contributed by atoms with van der Waals surface area (Å²) < 4.78 is 0. The molecule has 0 fully saturated rings. The summed E-state index contributed by atoms with van der Waals surface area (Å²) in [5.74, 6) is 0.320. The molecule has 0 saturated carbocycles. The standard InChI is InChI=1S/C14H16N4S/c1-9(14-16-4-5-19-14)8-17-13-6-10(2)18-11(3)12(13)7-15/h4-6,9H,8H2,1-3H3,(H,17,18). The molecule has 0 spiro atoms. The second-order valence-electron chi connectivity index (χ2n) is 4.54. The highest BCUT2D eigenvalue weighted by Crippen LogP contribution is 2.22. The number of hydrogen-bond acceptors (Lipinski definition) is 5. The van der Waals surface area contributed by atoms with Gasteiger partial charge in [-0.05, 0) is 19.9 Å². The first kappa shape index (κ1) is 13.5. The van der Waals surface area contributed by atoms with E-state index in [4.69, 9.17) is 0 Å². The largest absolute Gasteiger partial charge is 0.383 e. The molecule has 0 aromatic carbocycles. The van der Waals surface area contributed by atoms with Gasteiger partial charge in [0.1, 0.15) is 6.07 Å². The Morgan fingerprint density at radius 2 is 2.26 bits per heavy atom. The van der Waals surface area contributed by atoms with E-state index in [1.165, 1.54) is 0 Å². The molecular formula is C14H16N4S. The maximum atomic E-state index is 9.20. The molecule has 2 aromatic heterocycles. The Labute approximate surface area is 117 Å². The Morgan fingerprint density at radius 1 is 1.47 bits per heavy atom. The number of thiazole rings is 1. The first-order chi connectivity index (χ1) is 9.11. The summed E-state index contributed by atoms with van der Waals surface area (Å²) in [7, 11) is 0. The van der Waals surface area contributed by atoms with Gasteiger partial charge in [0, 0.05) is 29.7 Å². The zero-order valence-corrected chi connectivity index (χ0v) is 12.1. The Kier molecular flexibility index (Phi) is 4.13. The lowest BCUT2D eigenvalue weighted by Gasteiger charge is -2.14. The van der Waals surface area contributed by atoms with Gasteiger partial charge in [-0.1, -0.05) is 6.92 Å². The molecular weight excluding hydrogens is 256 g/mol. The van der Waals surface area contributed by atoms with Crippen molar-refractivity contribution in [3.8, 4) is 6.07 Å². The van der Waals surface area contributed by atoms with Gasteiger partial charge in [-0.2, -0.15) is 5.26 Å². The average molecular weight is 272 g/mol. The third kappa shape index (κ3) is 3.09. The minimum atomic E-state index is 0.320. The highest BCUT2D eigenvalue weighted by atomic mass is 32.1. The highest BCUT2D eigenvalue weighted by Gasteiger charge is 2.11. The fraction of sp³-hybridized carbons (Fsp3) is 0.357. The molecule has 0 bridgehead atoms. The van der Waals surface area contributed by atoms with Crippen molar-refractivity contribution >= 4 is 17.0 Å². The predicted molar refractivity (Wildman–Crippen MR) is 77.4 cm³/mol. The lowest BCUT2D eigenvalue weighted by Crippen LogP contribution is -2.11. The number of aryl methyl sites for hydroxylation is 2. The molecule has 0 amide bonds. The van der Waals surface area contributed by atoms with Gasteiger partial charge in [-0.15, -0.1) is 11.3 Å². The smallest absolute Gasteiger partial charge is 0.103 e. The van der Waals surface area contributed by atoms with E-state index in [0.717, 1.165) is 28.6 Å². The number of nitrogens with zero attached hydrogens (tertiary/aromatic N) is 3. The molecule has 0 radical (unpaired) electrons. The summed E-state index contributed by atoms with van der Waals surface area (Å²) >= 11 is 1.65. The van der Waals surface area contributed by atoms with Crippen LogP contribution < -0.4 is 5.32 Å². The van der Waals surface area contributed by atoms with Crippen molar-refractivity contribution in [1.82, 2.24) is 9.97 Å². The number of nitrogens with one attached hydrogen (secondary N) is 1. The van der Waals surface area contributed by atoms with Gasteiger partial charge in [-0.3, -0.25) is 4.98 Å². The van der Waals surface area contributed by atoms with E-state index in [1.54, 1.807) is 11.3 Å². The summed E-state index contributed by atoms with van der Waals surface area (Å²) in [5.41, 5.74) is 3.17. The SMILES string of the molecule is Cc1cc(NCC(C)c2nccs2)c(C#N)c(C)n1. The van der Waals surface area contributed by atoms with Crippen LogP contribution in [0.5, 0.6) is 0 Å². The van der Waals surface area contributed by atoms with Gasteiger partial charge in [0.15, 0.2) is 0 Å². The van der Waals surface area contributed by atoms with Crippen molar-refractivity contribution in [2.75, 3.05) is 11.9 Å². The summed E-state index contributed by atoms with van der Waals surface area (Å²) in [6.45, 7) is 6.68. The first-order valence-corrected chi connectivity index (χ1v) is 7.01. The van der Waals surface area contributed by atoms with Crippen molar-refractivity contribution in [2.24, 2.45) is 0 Å². The van der Waals surface area contributed by atoms with Crippen molar-refractivity contribution in [3.05, 3.63) is 39.6 Å². The van der Waals surface area contributed by atoms with Crippen LogP contribution in [0.4, 0.5) is 5.69 Å². The third-order valence-electron chi connectivity index (χ3n) is 2.91. The van der Waals surface area contributed by atoms with Crippen LogP contribution in [0.25, 0.3) is 0 Å². The molecule has 5 heteroatoms. The number of rotatable bonds is 4. The quantitative estimate of drug-likeness (QED) is 0.928. The van der Waals surface area contributed by atoms with Crippen LogP contribution in [-0.4, -0.2) is 16.5 Å². The Balaban J connectivity index is 2.14. The molecule has 19 heavy (non-hydrogen) atoms. The highest BCUT2D eigenvalue weighted by molar-refractivity contribution is 7.09. The molecule has 2 heterocycles. The molecule has 2 rings (SSSR count). The van der Waals surface area contributed by atoms with Crippen LogP contribution >= 0.6 is 11.3 Å². The van der Waals surface area contributed by atoms with E-state index in [-0.39, 0.29) is 0 Å². The second kappa shape index (κ2) is 5.81. The van der Waals surface area contributed by atoms with Crippen molar-refractivity contribution < 1.29 is 0 Å². The average Bonchev–Trinajstić information content (AvgIpc) is 2.89. The van der Waals surface area contributed by atoms with Crippen molar-refractivity contribution in [3.63, 3.8) is 0 Å². The minimum Gasteiger partial charge on any atom is -0.383 e. The normalized spacial score (nSPS) is 11.9. The van der Waals surface area contributed by atoms with Gasteiger partial charge >= 0.3 is 0 Å². The molecule has 1 atom stereocenters. The topological polar surface area (TPSA) is 61.6 Å². The second-order valence-corrected chi connectivity index (χ2v) is 5.46. The van der Waals surface area contributed by atoms with Crippen LogP contribution in [-0.2, 0) is 0 Å². The van der Waals surface area contributed by atoms with Gasteiger partial charge in [0.05, 0.1) is 22.0 Å². The fourth-order valence-corrected chi connectivity index (χ4v) is 2.64. The van der Waals surface area contributed by atoms with Crippen LogP contribution in [0.15, 0.2) is 17.6 Å². The number of aromatic nitrogens is 2. The Hall–Kier alpha value is -1.93. The van der Waals surface area contributed by atoms with E-state index in [0.29, 0.717) is 11.5 Å². The van der Waals surface area contributed by atoms with Gasteiger partial charge in [0.25, 0.3) is 0 Å². The lowest BCUT2D eigenvalue weighted by atomic mass is 10.1. The minimum absolute atomic E-state index is 0.320. The van der Waals surface area contributed by atoms with Gasteiger partial charge in [-0.25, -0.2) is 4.98 Å². The fourth-order valence-electron chi connectivity index (χ4n) is 1.94. The van der Waals surface area contributed by atoms with Crippen LogP contribution in [0.3, 0.4) is 0 Å². The van der Waals surface area contributed by atoms with Gasteiger partial charge in [0.2, 0.25) is 0 Å². The summed E-state index contributed by atoms with van der Waals surface area (Å²) in [6.07, 6.45) is 1.82. The summed E-state index contributed by atoms with van der Waals surface area (Å²) in [6, 6.07) is 4.13. The molecule has 2 aromatic rings. The van der Waals surface area contributed by atoms with Crippen LogP contribution in [0, 0.1) is 25.2 Å². The Bertz CT molecular complexity index is 599. The number of nitriles is 1.